The number of esters is 2. The fourth-order valence-corrected chi connectivity index (χ4v) is 12.8. The first kappa shape index (κ1) is 87.6. The van der Waals surface area contributed by atoms with E-state index < -0.39 is 6.10 Å². The quantitative estimate of drug-likeness (QED) is 0.0373. The molecule has 90 heavy (non-hydrogen) atoms. The van der Waals surface area contributed by atoms with E-state index in [1.165, 1.54) is 360 Å². The Morgan fingerprint density at radius 2 is 0.478 bits per heavy atom. The monoisotopic (exact) mass is 1260 g/mol. The third-order valence-electron chi connectivity index (χ3n) is 18.8. The number of aliphatic hydroxyl groups excluding tert-OH is 1. The first-order chi connectivity index (χ1) is 44.6. The number of rotatable bonds is 77. The van der Waals surface area contributed by atoms with Gasteiger partial charge in [0.05, 0.1) is 6.61 Å². The molecule has 0 heterocycles. The molecule has 0 rings (SSSR count). The van der Waals surface area contributed by atoms with Crippen LogP contribution < -0.4 is 0 Å². The van der Waals surface area contributed by atoms with E-state index in [4.69, 9.17) is 9.47 Å². The van der Waals surface area contributed by atoms with Crippen LogP contribution in [0.25, 0.3) is 0 Å². The molecule has 5 nitrogen and oxygen atoms in total. The predicted molar refractivity (Wildman–Crippen MR) is 399 cm³/mol. The van der Waals surface area contributed by atoms with E-state index in [-0.39, 0.29) is 25.2 Å². The highest BCUT2D eigenvalue weighted by molar-refractivity contribution is 5.70. The van der Waals surface area contributed by atoms with Crippen LogP contribution in [0.4, 0.5) is 0 Å². The first-order valence-corrected chi connectivity index (χ1v) is 40.8. The summed E-state index contributed by atoms with van der Waals surface area (Å²) in [5.74, 6) is -0.565. The Balaban J connectivity index is 3.36. The number of hydrogen-bond donors (Lipinski definition) is 1. The number of carbonyl (C=O) groups excluding carboxylic acids is 2. The van der Waals surface area contributed by atoms with Crippen molar-refractivity contribution in [2.75, 3.05) is 13.2 Å². The van der Waals surface area contributed by atoms with Crippen LogP contribution in [0.15, 0.2) is 60.8 Å². The number of carbonyl (C=O) groups is 2. The molecule has 0 aromatic heterocycles. The number of allylic oxidation sites excluding steroid dienone is 10. The zero-order valence-electron chi connectivity index (χ0n) is 60.9. The number of unbranched alkanes of at least 4 members (excludes halogenated alkanes) is 59. The van der Waals surface area contributed by atoms with E-state index in [2.05, 4.69) is 74.6 Å². The molecular weight excluding hydrogens is 1100 g/mol. The summed E-state index contributed by atoms with van der Waals surface area (Å²) in [6, 6.07) is 0. The minimum Gasteiger partial charge on any atom is -0.462 e. The van der Waals surface area contributed by atoms with Gasteiger partial charge in [0.2, 0.25) is 0 Å². The van der Waals surface area contributed by atoms with Crippen LogP contribution >= 0.6 is 0 Å². The van der Waals surface area contributed by atoms with Gasteiger partial charge in [-0.25, -0.2) is 0 Å². The Morgan fingerprint density at radius 1 is 0.267 bits per heavy atom. The van der Waals surface area contributed by atoms with Crippen molar-refractivity contribution in [3.05, 3.63) is 60.8 Å². The second kappa shape index (κ2) is 80.8. The predicted octanol–water partition coefficient (Wildman–Crippen LogP) is 28.8. The lowest BCUT2D eigenvalue weighted by Gasteiger charge is -2.15. The van der Waals surface area contributed by atoms with Crippen molar-refractivity contribution >= 4 is 11.9 Å². The van der Waals surface area contributed by atoms with Gasteiger partial charge in [-0.3, -0.25) is 9.59 Å². The van der Waals surface area contributed by atoms with E-state index >= 15 is 0 Å². The van der Waals surface area contributed by atoms with Crippen LogP contribution in [0.2, 0.25) is 0 Å². The summed E-state index contributed by atoms with van der Waals surface area (Å²) in [6.07, 6.45) is 112. The largest absolute Gasteiger partial charge is 0.462 e. The Hall–Kier alpha value is -2.40. The van der Waals surface area contributed by atoms with Crippen molar-refractivity contribution in [2.45, 2.75) is 457 Å². The average Bonchev–Trinajstić information content (AvgIpc) is 3.58. The van der Waals surface area contributed by atoms with Crippen molar-refractivity contribution in [1.82, 2.24) is 0 Å². The van der Waals surface area contributed by atoms with Crippen LogP contribution in [0.1, 0.15) is 450 Å². The number of aliphatic hydroxyl groups is 1. The lowest BCUT2D eigenvalue weighted by atomic mass is 10.0. The molecule has 0 amide bonds. The van der Waals surface area contributed by atoms with Gasteiger partial charge < -0.3 is 14.6 Å². The minimum absolute atomic E-state index is 0.0600. The maximum atomic E-state index is 12.4. The molecule has 0 saturated heterocycles. The molecule has 0 aromatic carbocycles. The third kappa shape index (κ3) is 78.0. The van der Waals surface area contributed by atoms with Crippen LogP contribution in [0, 0.1) is 0 Å². The normalized spacial score (nSPS) is 12.4. The maximum Gasteiger partial charge on any atom is 0.306 e. The molecule has 528 valence electrons. The van der Waals surface area contributed by atoms with Gasteiger partial charge in [-0.1, -0.05) is 441 Å². The first-order valence-electron chi connectivity index (χ1n) is 40.8. The van der Waals surface area contributed by atoms with Gasteiger partial charge in [-0.15, -0.1) is 0 Å². The van der Waals surface area contributed by atoms with Crippen LogP contribution in [-0.4, -0.2) is 36.4 Å². The van der Waals surface area contributed by atoms with Gasteiger partial charge in [-0.2, -0.15) is 0 Å². The van der Waals surface area contributed by atoms with Crippen LogP contribution in [0.3, 0.4) is 0 Å². The second-order valence-electron chi connectivity index (χ2n) is 27.8. The molecule has 0 aromatic rings. The van der Waals surface area contributed by atoms with Gasteiger partial charge in [0.15, 0.2) is 6.10 Å². The SMILES string of the molecule is CC/C=C\C/C=C\C/C=C\C/C=C\C/C=C\CCCCCCCCCCCCCCCCCCCCCC(=O)OC(CO)COC(=O)CCCCCCCCCCCCCCCCCCCCCCCCCCCCCCCCCCCCCCCCCCC. The molecule has 0 spiro atoms. The molecule has 0 aliphatic carbocycles. The molecule has 0 aliphatic heterocycles. The Bertz CT molecular complexity index is 1520. The highest BCUT2D eigenvalue weighted by Gasteiger charge is 2.16. The van der Waals surface area contributed by atoms with Crippen LogP contribution in [-0.2, 0) is 19.1 Å². The van der Waals surface area contributed by atoms with Crippen LogP contribution in [0.5, 0.6) is 0 Å². The van der Waals surface area contributed by atoms with Crippen molar-refractivity contribution in [3.8, 4) is 0 Å². The summed E-state index contributed by atoms with van der Waals surface area (Å²) >= 11 is 0. The minimum atomic E-state index is -0.772. The zero-order valence-corrected chi connectivity index (χ0v) is 60.9. The number of ether oxygens (including phenoxy) is 2. The van der Waals surface area contributed by atoms with Gasteiger partial charge in [0.1, 0.15) is 6.61 Å². The third-order valence-corrected chi connectivity index (χ3v) is 18.8. The molecular formula is C85H158O5. The van der Waals surface area contributed by atoms with Gasteiger partial charge in [0, 0.05) is 12.8 Å². The van der Waals surface area contributed by atoms with E-state index in [1.807, 2.05) is 0 Å². The average molecular weight is 1260 g/mol. The molecule has 0 saturated carbocycles. The molecule has 0 aliphatic rings. The van der Waals surface area contributed by atoms with Crippen molar-refractivity contribution in [2.24, 2.45) is 0 Å². The topological polar surface area (TPSA) is 72.8 Å². The summed E-state index contributed by atoms with van der Waals surface area (Å²) in [7, 11) is 0. The molecule has 0 radical (unpaired) electrons. The fourth-order valence-electron chi connectivity index (χ4n) is 12.8. The van der Waals surface area contributed by atoms with Crippen molar-refractivity contribution < 1.29 is 24.2 Å². The fraction of sp³-hybridized carbons (Fsp3) is 0.859. The van der Waals surface area contributed by atoms with E-state index in [0.29, 0.717) is 12.8 Å². The second-order valence-corrected chi connectivity index (χ2v) is 27.8. The van der Waals surface area contributed by atoms with E-state index in [1.54, 1.807) is 0 Å². The summed E-state index contributed by atoms with van der Waals surface area (Å²) in [4.78, 5) is 24.7. The summed E-state index contributed by atoms with van der Waals surface area (Å²) < 4.78 is 10.8. The Labute approximate surface area is 563 Å². The van der Waals surface area contributed by atoms with E-state index in [0.717, 1.165) is 64.2 Å². The molecule has 1 N–H and O–H groups in total. The Kier molecular flexibility index (Phi) is 78.7. The molecule has 0 bridgehead atoms. The standard InChI is InChI=1S/C85H158O5/c1-3-5-7-9-11-13-15-17-19-21-23-25-27-29-31-33-35-37-39-40-41-42-43-44-46-47-49-51-53-55-57-59-61-63-65-67-69-71-73-75-77-79-84(87)89-82-83(81-86)90-85(88)80-78-76-74-72-70-68-66-64-62-60-58-56-54-52-50-48-45-38-36-34-32-30-28-26-24-22-20-18-16-14-12-10-8-6-4-2/h6,8,12,14,18,20,24,26,30,32,83,86H,3-5,7,9-11,13,15-17,19,21-23,25,27-29,31,33-82H2,1-2H3/b8-6-,14-12-,20-18-,26-24-,32-30-. The molecule has 1 unspecified atom stereocenters. The smallest absolute Gasteiger partial charge is 0.306 e. The lowest BCUT2D eigenvalue weighted by Crippen LogP contribution is -2.28. The van der Waals surface area contributed by atoms with Gasteiger partial charge >= 0.3 is 11.9 Å². The molecule has 1 atom stereocenters. The number of hydrogen-bond acceptors (Lipinski definition) is 5. The van der Waals surface area contributed by atoms with Crippen molar-refractivity contribution in [1.29, 1.82) is 0 Å². The van der Waals surface area contributed by atoms with Crippen molar-refractivity contribution in [3.63, 3.8) is 0 Å². The summed E-state index contributed by atoms with van der Waals surface area (Å²) in [5, 5.41) is 9.73. The van der Waals surface area contributed by atoms with Gasteiger partial charge in [0.25, 0.3) is 0 Å². The highest BCUT2D eigenvalue weighted by atomic mass is 16.6. The Morgan fingerprint density at radius 3 is 0.722 bits per heavy atom. The molecule has 0 fully saturated rings. The lowest BCUT2D eigenvalue weighted by molar-refractivity contribution is -0.161. The summed E-state index contributed by atoms with van der Waals surface area (Å²) in [5.41, 5.74) is 0. The van der Waals surface area contributed by atoms with E-state index in [9.17, 15) is 14.7 Å². The molecule has 5 heteroatoms. The van der Waals surface area contributed by atoms with Gasteiger partial charge in [-0.05, 0) is 57.8 Å². The zero-order chi connectivity index (χ0) is 64.7. The highest BCUT2D eigenvalue weighted by Crippen LogP contribution is 2.20. The maximum absolute atomic E-state index is 12.4. The summed E-state index contributed by atoms with van der Waals surface area (Å²) in [6.45, 7) is 4.10.